The summed E-state index contributed by atoms with van der Waals surface area (Å²) in [4.78, 5) is 11.4. The first-order valence-electron chi connectivity index (χ1n) is 5.68. The van der Waals surface area contributed by atoms with E-state index in [2.05, 4.69) is 5.32 Å². The molecule has 4 nitrogen and oxygen atoms in total. The normalized spacial score (nSPS) is 17.5. The lowest BCUT2D eigenvalue weighted by Gasteiger charge is -2.15. The van der Waals surface area contributed by atoms with Gasteiger partial charge in [0.1, 0.15) is 0 Å². The Bertz CT molecular complexity index is 203. The molecule has 1 amide bonds. The maximum Gasteiger partial charge on any atom is 0.220 e. The Hall–Kier alpha value is -0.610. The molecule has 15 heavy (non-hydrogen) atoms. The van der Waals surface area contributed by atoms with Crippen molar-refractivity contribution in [1.29, 1.82) is 0 Å². The molecule has 0 aromatic carbocycles. The quantitative estimate of drug-likeness (QED) is 0.624. The number of amides is 1. The summed E-state index contributed by atoms with van der Waals surface area (Å²) < 4.78 is 5.06. The molecule has 4 heteroatoms. The van der Waals surface area contributed by atoms with Gasteiger partial charge in [-0.2, -0.15) is 0 Å². The van der Waals surface area contributed by atoms with E-state index in [9.17, 15) is 4.79 Å². The van der Waals surface area contributed by atoms with Crippen molar-refractivity contribution in [2.24, 2.45) is 11.1 Å². The van der Waals surface area contributed by atoms with E-state index in [0.29, 0.717) is 18.4 Å². The highest BCUT2D eigenvalue weighted by atomic mass is 16.5. The summed E-state index contributed by atoms with van der Waals surface area (Å²) >= 11 is 0. The standard InChI is InChI=1S/C11H22N2O2/c1-15-8-6-11(4-5-11)9-13-10(14)3-2-7-12/h2-9,12H2,1H3,(H,13,14). The maximum atomic E-state index is 11.4. The van der Waals surface area contributed by atoms with Gasteiger partial charge in [-0.05, 0) is 37.6 Å². The SMILES string of the molecule is COCCC1(CNC(=O)CCCN)CC1. The Labute approximate surface area is 91.5 Å². The topological polar surface area (TPSA) is 64.3 Å². The summed E-state index contributed by atoms with van der Waals surface area (Å²) in [5.74, 6) is 0.129. The summed E-state index contributed by atoms with van der Waals surface area (Å²) in [6, 6.07) is 0. The third-order valence-corrected chi connectivity index (χ3v) is 3.06. The molecule has 1 aliphatic rings. The molecule has 0 heterocycles. The van der Waals surface area contributed by atoms with Crippen molar-refractivity contribution in [2.45, 2.75) is 32.1 Å². The van der Waals surface area contributed by atoms with Crippen LogP contribution in [0.15, 0.2) is 0 Å². The second-order valence-corrected chi connectivity index (χ2v) is 4.41. The molecule has 3 N–H and O–H groups in total. The van der Waals surface area contributed by atoms with Gasteiger partial charge in [0.15, 0.2) is 0 Å². The Morgan fingerprint density at radius 2 is 2.27 bits per heavy atom. The molecule has 0 bridgehead atoms. The number of hydrogen-bond donors (Lipinski definition) is 2. The van der Waals surface area contributed by atoms with Crippen molar-refractivity contribution in [3.8, 4) is 0 Å². The fourth-order valence-electron chi connectivity index (χ4n) is 1.65. The number of nitrogens with one attached hydrogen (secondary N) is 1. The van der Waals surface area contributed by atoms with E-state index in [4.69, 9.17) is 10.5 Å². The van der Waals surface area contributed by atoms with Crippen LogP contribution in [0.1, 0.15) is 32.1 Å². The van der Waals surface area contributed by atoms with Gasteiger partial charge < -0.3 is 15.8 Å². The largest absolute Gasteiger partial charge is 0.385 e. The molecule has 1 aliphatic carbocycles. The molecule has 0 aromatic heterocycles. The van der Waals surface area contributed by atoms with Gasteiger partial charge >= 0.3 is 0 Å². The number of carbonyl (C=O) groups is 1. The van der Waals surface area contributed by atoms with Crippen molar-refractivity contribution in [3.05, 3.63) is 0 Å². The summed E-state index contributed by atoms with van der Waals surface area (Å²) in [6.07, 6.45) is 4.81. The number of carbonyl (C=O) groups excluding carboxylic acids is 1. The molecule has 0 spiro atoms. The molecular formula is C11H22N2O2. The smallest absolute Gasteiger partial charge is 0.220 e. The van der Waals surface area contributed by atoms with E-state index < -0.39 is 0 Å². The molecule has 1 rings (SSSR count). The number of rotatable bonds is 8. The van der Waals surface area contributed by atoms with Crippen LogP contribution in [0.3, 0.4) is 0 Å². The maximum absolute atomic E-state index is 11.4. The summed E-state index contributed by atoms with van der Waals surface area (Å²) in [5.41, 5.74) is 5.68. The lowest BCUT2D eigenvalue weighted by molar-refractivity contribution is -0.121. The number of ether oxygens (including phenoxy) is 1. The molecule has 0 aromatic rings. The summed E-state index contributed by atoms with van der Waals surface area (Å²) in [6.45, 7) is 2.18. The first kappa shape index (κ1) is 12.5. The molecule has 0 atom stereocenters. The van der Waals surface area contributed by atoms with Gasteiger partial charge in [0.25, 0.3) is 0 Å². The number of nitrogens with two attached hydrogens (primary N) is 1. The van der Waals surface area contributed by atoms with Crippen LogP contribution in [0, 0.1) is 5.41 Å². The van der Waals surface area contributed by atoms with Gasteiger partial charge in [-0.15, -0.1) is 0 Å². The third-order valence-electron chi connectivity index (χ3n) is 3.06. The van der Waals surface area contributed by atoms with Crippen LogP contribution in [0.25, 0.3) is 0 Å². The monoisotopic (exact) mass is 214 g/mol. The van der Waals surface area contributed by atoms with Crippen molar-refractivity contribution in [2.75, 3.05) is 26.8 Å². The first-order valence-corrected chi connectivity index (χ1v) is 5.68. The van der Waals surface area contributed by atoms with E-state index in [1.54, 1.807) is 7.11 Å². The second kappa shape index (κ2) is 6.08. The van der Waals surface area contributed by atoms with Crippen LogP contribution in [-0.4, -0.2) is 32.7 Å². The second-order valence-electron chi connectivity index (χ2n) is 4.41. The fraction of sp³-hybridized carbons (Fsp3) is 0.909. The van der Waals surface area contributed by atoms with Gasteiger partial charge in [0.05, 0.1) is 0 Å². The summed E-state index contributed by atoms with van der Waals surface area (Å²) in [7, 11) is 1.72. The van der Waals surface area contributed by atoms with Crippen LogP contribution >= 0.6 is 0 Å². The van der Waals surface area contributed by atoms with Gasteiger partial charge in [-0.25, -0.2) is 0 Å². The van der Waals surface area contributed by atoms with Crippen molar-refractivity contribution in [3.63, 3.8) is 0 Å². The average Bonchev–Trinajstić information content (AvgIpc) is 3.01. The molecule has 0 saturated heterocycles. The van der Waals surface area contributed by atoms with Crippen molar-refractivity contribution < 1.29 is 9.53 Å². The van der Waals surface area contributed by atoms with E-state index in [0.717, 1.165) is 26.0 Å². The average molecular weight is 214 g/mol. The van der Waals surface area contributed by atoms with Gasteiger partial charge in [-0.3, -0.25) is 4.79 Å². The van der Waals surface area contributed by atoms with E-state index in [1.165, 1.54) is 12.8 Å². The molecule has 0 aliphatic heterocycles. The van der Waals surface area contributed by atoms with Crippen LogP contribution in [0.4, 0.5) is 0 Å². The molecule has 0 radical (unpaired) electrons. The lowest BCUT2D eigenvalue weighted by atomic mass is 10.0. The predicted molar refractivity (Wildman–Crippen MR) is 59.5 cm³/mol. The minimum absolute atomic E-state index is 0.129. The number of hydrogen-bond acceptors (Lipinski definition) is 3. The van der Waals surface area contributed by atoms with E-state index in [1.807, 2.05) is 0 Å². The van der Waals surface area contributed by atoms with Crippen LogP contribution < -0.4 is 11.1 Å². The Morgan fingerprint density at radius 3 is 2.80 bits per heavy atom. The number of methoxy groups -OCH3 is 1. The third kappa shape index (κ3) is 4.62. The lowest BCUT2D eigenvalue weighted by Crippen LogP contribution is -2.30. The highest BCUT2D eigenvalue weighted by molar-refractivity contribution is 5.75. The van der Waals surface area contributed by atoms with Crippen molar-refractivity contribution >= 4 is 5.91 Å². The first-order chi connectivity index (χ1) is 7.22. The zero-order chi connectivity index (χ0) is 11.1. The van der Waals surface area contributed by atoms with Crippen LogP contribution in [0.5, 0.6) is 0 Å². The molecule has 1 saturated carbocycles. The van der Waals surface area contributed by atoms with Crippen LogP contribution in [-0.2, 0) is 9.53 Å². The Morgan fingerprint density at radius 1 is 1.53 bits per heavy atom. The predicted octanol–water partition coefficient (Wildman–Crippen LogP) is 0.658. The van der Waals surface area contributed by atoms with Crippen LogP contribution in [0.2, 0.25) is 0 Å². The minimum atomic E-state index is 0.129. The zero-order valence-corrected chi connectivity index (χ0v) is 9.55. The van der Waals surface area contributed by atoms with Gasteiger partial charge in [0.2, 0.25) is 5.91 Å². The highest BCUT2D eigenvalue weighted by Crippen LogP contribution is 2.48. The highest BCUT2D eigenvalue weighted by Gasteiger charge is 2.41. The fourth-order valence-corrected chi connectivity index (χ4v) is 1.65. The van der Waals surface area contributed by atoms with Gasteiger partial charge in [0, 0.05) is 26.7 Å². The molecule has 0 unspecified atom stereocenters. The Balaban J connectivity index is 2.10. The Kier molecular flexibility index (Phi) is 5.05. The summed E-state index contributed by atoms with van der Waals surface area (Å²) in [5, 5.41) is 2.98. The molecule has 88 valence electrons. The van der Waals surface area contributed by atoms with Gasteiger partial charge in [-0.1, -0.05) is 0 Å². The minimum Gasteiger partial charge on any atom is -0.385 e. The molecular weight excluding hydrogens is 192 g/mol. The van der Waals surface area contributed by atoms with E-state index in [-0.39, 0.29) is 5.91 Å². The molecule has 1 fully saturated rings. The van der Waals surface area contributed by atoms with Crippen molar-refractivity contribution in [1.82, 2.24) is 5.32 Å². The zero-order valence-electron chi connectivity index (χ0n) is 9.55. The van der Waals surface area contributed by atoms with E-state index >= 15 is 0 Å².